The second kappa shape index (κ2) is 8.21. The largest absolute Gasteiger partial charge is 0.406 e. The standard InChI is InChI=1S/C26H35NOSi/c1-5-21-19-27-17-16-22(21)18-23(27)20-28-29(26(2,3)4,24-12-8-6-9-13-24)25-14-10-7-11-15-25/h5-15,22-23H,16-20H2,1-4H3/b21-5-/t22-,23-/m0/s1. The van der Waals surface area contributed by atoms with Crippen LogP contribution in [-0.4, -0.2) is 39.0 Å². The van der Waals surface area contributed by atoms with Gasteiger partial charge < -0.3 is 4.43 Å². The van der Waals surface area contributed by atoms with Gasteiger partial charge in [0, 0.05) is 12.6 Å². The van der Waals surface area contributed by atoms with Crippen molar-refractivity contribution in [2.24, 2.45) is 5.92 Å². The average Bonchev–Trinajstić information content (AvgIpc) is 2.75. The Morgan fingerprint density at radius 2 is 1.59 bits per heavy atom. The molecule has 5 rings (SSSR count). The summed E-state index contributed by atoms with van der Waals surface area (Å²) in [5.41, 5.74) is 1.64. The minimum absolute atomic E-state index is 0.0488. The zero-order valence-electron chi connectivity index (χ0n) is 18.4. The number of fused-ring (bicyclic) bond motifs is 3. The van der Waals surface area contributed by atoms with Crippen LogP contribution in [0.4, 0.5) is 0 Å². The fourth-order valence-electron chi connectivity index (χ4n) is 5.49. The number of nitrogens with zero attached hydrogens (tertiary/aromatic N) is 1. The van der Waals surface area contributed by atoms with Crippen LogP contribution in [0.25, 0.3) is 0 Å². The zero-order valence-corrected chi connectivity index (χ0v) is 19.4. The Hall–Kier alpha value is -1.68. The lowest BCUT2D eigenvalue weighted by Crippen LogP contribution is -2.67. The number of hydrogen-bond donors (Lipinski definition) is 0. The molecular weight excluding hydrogens is 370 g/mol. The summed E-state index contributed by atoms with van der Waals surface area (Å²) in [6.07, 6.45) is 4.91. The normalized spacial score (nSPS) is 26.1. The lowest BCUT2D eigenvalue weighted by atomic mass is 9.80. The fraction of sp³-hybridized carbons (Fsp3) is 0.462. The van der Waals surface area contributed by atoms with Gasteiger partial charge in [-0.05, 0) is 47.6 Å². The first-order valence-corrected chi connectivity index (χ1v) is 13.0. The average molecular weight is 406 g/mol. The van der Waals surface area contributed by atoms with Crippen molar-refractivity contribution in [3.63, 3.8) is 0 Å². The lowest BCUT2D eigenvalue weighted by molar-refractivity contribution is 0.0539. The van der Waals surface area contributed by atoms with Crippen LogP contribution in [0.15, 0.2) is 72.3 Å². The molecule has 29 heavy (non-hydrogen) atoms. The Morgan fingerprint density at radius 1 is 1.00 bits per heavy atom. The lowest BCUT2D eigenvalue weighted by Gasteiger charge is -2.49. The van der Waals surface area contributed by atoms with Gasteiger partial charge in [0.2, 0.25) is 0 Å². The predicted octanol–water partition coefficient (Wildman–Crippen LogP) is 4.60. The van der Waals surface area contributed by atoms with Gasteiger partial charge in [0.15, 0.2) is 0 Å². The van der Waals surface area contributed by atoms with Crippen molar-refractivity contribution in [3.05, 3.63) is 72.3 Å². The molecule has 3 saturated heterocycles. The number of hydrogen-bond acceptors (Lipinski definition) is 2. The molecule has 0 radical (unpaired) electrons. The molecule has 154 valence electrons. The minimum atomic E-state index is -2.43. The molecule has 0 aliphatic carbocycles. The van der Waals surface area contributed by atoms with Crippen molar-refractivity contribution in [2.75, 3.05) is 19.7 Å². The van der Waals surface area contributed by atoms with Crippen LogP contribution in [0.3, 0.4) is 0 Å². The van der Waals surface area contributed by atoms with E-state index in [1.807, 2.05) is 0 Å². The van der Waals surface area contributed by atoms with Gasteiger partial charge in [-0.1, -0.05) is 93.1 Å². The SMILES string of the molecule is C/C=C1/CN2CC[C@H]1C[C@H]2CO[Si](c1ccccc1)(c1ccccc1)C(C)(C)C. The van der Waals surface area contributed by atoms with E-state index in [2.05, 4.69) is 99.3 Å². The van der Waals surface area contributed by atoms with E-state index in [9.17, 15) is 0 Å². The molecule has 1 unspecified atom stereocenters. The first kappa shape index (κ1) is 20.6. The molecule has 0 amide bonds. The van der Waals surface area contributed by atoms with Gasteiger partial charge in [-0.3, -0.25) is 4.90 Å². The van der Waals surface area contributed by atoms with E-state index in [1.54, 1.807) is 5.57 Å². The van der Waals surface area contributed by atoms with Gasteiger partial charge in [-0.2, -0.15) is 0 Å². The van der Waals surface area contributed by atoms with Gasteiger partial charge in [0.05, 0.1) is 6.61 Å². The van der Waals surface area contributed by atoms with E-state index >= 15 is 0 Å². The van der Waals surface area contributed by atoms with Crippen molar-refractivity contribution in [1.29, 1.82) is 0 Å². The summed E-state index contributed by atoms with van der Waals surface area (Å²) < 4.78 is 7.21. The highest BCUT2D eigenvalue weighted by Crippen LogP contribution is 2.39. The Bertz CT molecular complexity index is 801. The number of benzene rings is 2. The first-order chi connectivity index (χ1) is 14.0. The van der Waals surface area contributed by atoms with Gasteiger partial charge >= 0.3 is 0 Å². The van der Waals surface area contributed by atoms with Crippen LogP contribution in [-0.2, 0) is 4.43 Å². The molecule has 3 aliphatic heterocycles. The molecule has 3 fully saturated rings. The van der Waals surface area contributed by atoms with Crippen molar-refractivity contribution in [1.82, 2.24) is 4.90 Å². The number of piperidine rings is 3. The van der Waals surface area contributed by atoms with E-state index in [-0.39, 0.29) is 5.04 Å². The van der Waals surface area contributed by atoms with E-state index < -0.39 is 8.32 Å². The molecule has 2 nitrogen and oxygen atoms in total. The molecule has 0 N–H and O–H groups in total. The maximum atomic E-state index is 7.21. The molecular formula is C26H35NOSi. The molecule has 0 aromatic heterocycles. The number of rotatable bonds is 5. The van der Waals surface area contributed by atoms with E-state index in [0.717, 1.165) is 19.1 Å². The van der Waals surface area contributed by atoms with Crippen LogP contribution in [0.5, 0.6) is 0 Å². The summed E-state index contributed by atoms with van der Waals surface area (Å²) in [6.45, 7) is 12.5. The molecule has 3 aliphatic rings. The van der Waals surface area contributed by atoms with Crippen LogP contribution < -0.4 is 10.4 Å². The second-order valence-corrected chi connectivity index (χ2v) is 14.0. The molecule has 2 aromatic carbocycles. The highest BCUT2D eigenvalue weighted by atomic mass is 28.4. The summed E-state index contributed by atoms with van der Waals surface area (Å²) in [6, 6.07) is 22.6. The second-order valence-electron chi connectivity index (χ2n) is 9.68. The Balaban J connectivity index is 1.68. The van der Waals surface area contributed by atoms with Gasteiger partial charge in [-0.25, -0.2) is 0 Å². The van der Waals surface area contributed by atoms with E-state index in [1.165, 1.54) is 29.8 Å². The predicted molar refractivity (Wildman–Crippen MR) is 125 cm³/mol. The van der Waals surface area contributed by atoms with E-state index in [0.29, 0.717) is 6.04 Å². The van der Waals surface area contributed by atoms with E-state index in [4.69, 9.17) is 4.43 Å². The fourth-order valence-corrected chi connectivity index (χ4v) is 10.1. The Kier molecular flexibility index (Phi) is 5.83. The first-order valence-electron chi connectivity index (χ1n) is 11.1. The molecule has 3 atom stereocenters. The summed E-state index contributed by atoms with van der Waals surface area (Å²) in [7, 11) is -2.43. The molecule has 0 spiro atoms. The van der Waals surface area contributed by atoms with Gasteiger partial charge in [0.1, 0.15) is 0 Å². The highest BCUT2D eigenvalue weighted by molar-refractivity contribution is 6.99. The Labute approximate surface area is 177 Å². The highest BCUT2D eigenvalue weighted by Gasteiger charge is 2.51. The van der Waals surface area contributed by atoms with Crippen molar-refractivity contribution >= 4 is 18.7 Å². The summed E-state index contributed by atoms with van der Waals surface area (Å²) in [5, 5.41) is 2.81. The maximum Gasteiger partial charge on any atom is 0.261 e. The maximum absolute atomic E-state index is 7.21. The third-order valence-electron chi connectivity index (χ3n) is 7.03. The molecule has 0 saturated carbocycles. The van der Waals surface area contributed by atoms with Gasteiger partial charge in [-0.15, -0.1) is 0 Å². The third-order valence-corrected chi connectivity index (χ3v) is 12.0. The van der Waals surface area contributed by atoms with Crippen molar-refractivity contribution < 1.29 is 4.43 Å². The summed E-state index contributed by atoms with van der Waals surface area (Å²) >= 11 is 0. The summed E-state index contributed by atoms with van der Waals surface area (Å²) in [4.78, 5) is 2.66. The van der Waals surface area contributed by atoms with Crippen LogP contribution >= 0.6 is 0 Å². The van der Waals surface area contributed by atoms with Crippen LogP contribution in [0, 0.1) is 5.92 Å². The number of allylic oxidation sites excluding steroid dienone is 1. The molecule has 3 heterocycles. The summed E-state index contributed by atoms with van der Waals surface area (Å²) in [5.74, 6) is 0.762. The Morgan fingerprint density at radius 3 is 2.03 bits per heavy atom. The minimum Gasteiger partial charge on any atom is -0.406 e. The topological polar surface area (TPSA) is 12.5 Å². The smallest absolute Gasteiger partial charge is 0.261 e. The monoisotopic (exact) mass is 405 g/mol. The van der Waals surface area contributed by atoms with Crippen LogP contribution in [0.2, 0.25) is 5.04 Å². The molecule has 2 bridgehead atoms. The third kappa shape index (κ3) is 3.76. The molecule has 3 heteroatoms. The van der Waals surface area contributed by atoms with Crippen molar-refractivity contribution in [3.8, 4) is 0 Å². The zero-order chi connectivity index (χ0) is 20.5. The quantitative estimate of drug-likeness (QED) is 0.532. The van der Waals surface area contributed by atoms with Gasteiger partial charge in [0.25, 0.3) is 8.32 Å². The van der Waals surface area contributed by atoms with Crippen molar-refractivity contribution in [2.45, 2.75) is 51.6 Å². The van der Waals surface area contributed by atoms with Crippen LogP contribution in [0.1, 0.15) is 40.5 Å². The molecule has 2 aromatic rings.